The van der Waals surface area contributed by atoms with E-state index in [0.29, 0.717) is 44.6 Å². The number of nitriles is 1. The van der Waals surface area contributed by atoms with E-state index in [1.54, 1.807) is 29.7 Å². The summed E-state index contributed by atoms with van der Waals surface area (Å²) < 4.78 is 19.2. The Morgan fingerprint density at radius 1 is 1.17 bits per heavy atom. The van der Waals surface area contributed by atoms with Crippen LogP contribution in [0.1, 0.15) is 32.6 Å². The van der Waals surface area contributed by atoms with E-state index in [4.69, 9.17) is 27.9 Å². The van der Waals surface area contributed by atoms with Gasteiger partial charge >= 0.3 is 0 Å². The molecule has 0 aliphatic carbocycles. The van der Waals surface area contributed by atoms with Crippen LogP contribution in [0, 0.1) is 17.1 Å². The first kappa shape index (κ1) is 27.1. The van der Waals surface area contributed by atoms with Crippen LogP contribution in [0.2, 0.25) is 10.0 Å². The van der Waals surface area contributed by atoms with Crippen molar-refractivity contribution >= 4 is 62.5 Å². The van der Waals surface area contributed by atoms with E-state index in [0.717, 1.165) is 43.3 Å². The van der Waals surface area contributed by atoms with Crippen molar-refractivity contribution < 1.29 is 9.13 Å². The summed E-state index contributed by atoms with van der Waals surface area (Å²) in [5.74, 6) is -0.532. The number of pyridine rings is 1. The number of hydrogen-bond donors (Lipinski definition) is 3. The third kappa shape index (κ3) is 5.06. The normalized spacial score (nSPS) is 16.0. The Balaban J connectivity index is 1.26. The number of benzene rings is 2. The number of aromatic amines is 1. The topological polar surface area (TPSA) is 115 Å². The summed E-state index contributed by atoms with van der Waals surface area (Å²) in [4.78, 5) is 9.40. The van der Waals surface area contributed by atoms with Crippen molar-refractivity contribution in [2.45, 2.75) is 25.0 Å². The molecule has 5 heterocycles. The van der Waals surface area contributed by atoms with Crippen molar-refractivity contribution in [1.82, 2.24) is 25.3 Å². The highest BCUT2D eigenvalue weighted by atomic mass is 35.5. The Bertz CT molecular complexity index is 1840. The van der Waals surface area contributed by atoms with Crippen LogP contribution in [0.25, 0.3) is 10.9 Å². The first-order valence-corrected chi connectivity index (χ1v) is 14.8. The van der Waals surface area contributed by atoms with Crippen molar-refractivity contribution in [3.63, 3.8) is 0 Å². The predicted octanol–water partition coefficient (Wildman–Crippen LogP) is 6.43. The van der Waals surface area contributed by atoms with Gasteiger partial charge in [-0.1, -0.05) is 28.4 Å². The maximum absolute atomic E-state index is 13.8. The number of rotatable bonds is 7. The molecule has 0 saturated carbocycles. The Morgan fingerprint density at radius 3 is 2.76 bits per heavy atom. The second-order valence-electron chi connectivity index (χ2n) is 10.3. The summed E-state index contributed by atoms with van der Waals surface area (Å²) in [6.45, 7) is 3.52. The zero-order chi connectivity index (χ0) is 28.8. The lowest BCUT2D eigenvalue weighted by Gasteiger charge is -2.39. The van der Waals surface area contributed by atoms with Gasteiger partial charge in [-0.2, -0.15) is 5.26 Å². The van der Waals surface area contributed by atoms with Crippen LogP contribution in [0.5, 0.6) is 0 Å². The lowest BCUT2D eigenvalue weighted by atomic mass is 10.0. The van der Waals surface area contributed by atoms with Crippen LogP contribution < -0.4 is 10.6 Å². The number of H-pyrrole nitrogens is 1. The van der Waals surface area contributed by atoms with Crippen LogP contribution in [-0.2, 0) is 17.7 Å². The average Bonchev–Trinajstić information content (AvgIpc) is 3.63. The van der Waals surface area contributed by atoms with Gasteiger partial charge in [0.1, 0.15) is 23.6 Å². The molecule has 7 rings (SSSR count). The van der Waals surface area contributed by atoms with Crippen molar-refractivity contribution in [3.05, 3.63) is 91.2 Å². The smallest absolute Gasteiger partial charge is 0.141 e. The molecule has 0 radical (unpaired) electrons. The number of fused-ring (bicyclic) bond motifs is 2. The predicted molar refractivity (Wildman–Crippen MR) is 161 cm³/mol. The van der Waals surface area contributed by atoms with Crippen LogP contribution in [0.3, 0.4) is 0 Å². The fourth-order valence-electron chi connectivity index (χ4n) is 5.34. The van der Waals surface area contributed by atoms with Crippen molar-refractivity contribution in [2.75, 3.05) is 30.4 Å². The highest BCUT2D eigenvalue weighted by molar-refractivity contribution is 7.12. The third-order valence-corrected chi connectivity index (χ3v) is 9.43. The van der Waals surface area contributed by atoms with Crippen LogP contribution in [0.15, 0.2) is 48.8 Å². The van der Waals surface area contributed by atoms with Crippen molar-refractivity contribution in [3.8, 4) is 6.07 Å². The first-order chi connectivity index (χ1) is 20.5. The number of anilines is 3. The molecule has 0 amide bonds. The number of halogens is 3. The van der Waals surface area contributed by atoms with E-state index in [1.807, 2.05) is 6.07 Å². The summed E-state index contributed by atoms with van der Waals surface area (Å²) >= 11 is 14.5. The molecule has 0 bridgehead atoms. The van der Waals surface area contributed by atoms with Gasteiger partial charge in [0.15, 0.2) is 0 Å². The Hall–Kier alpha value is -3.79. The zero-order valence-electron chi connectivity index (χ0n) is 22.0. The summed E-state index contributed by atoms with van der Waals surface area (Å²) in [7, 11) is 0. The second-order valence-corrected chi connectivity index (χ2v) is 12.2. The van der Waals surface area contributed by atoms with Gasteiger partial charge < -0.3 is 15.4 Å². The SMILES string of the molecule is N#Cc1cnc2c(Cl)cc(NC(c3c[nH]nn3)c3cc4c(s3)CN(C3COC3)CC4)cc2c1Nc1ccc(F)c(Cl)c1. The lowest BCUT2D eigenvalue weighted by Crippen LogP contribution is -2.50. The van der Waals surface area contributed by atoms with Gasteiger partial charge in [-0.15, -0.1) is 16.4 Å². The molecule has 3 N–H and O–H groups in total. The standard InChI is InChI=1S/C29H23Cl2FN8OS/c30-21-7-17(1-2-23(21)32)36-27-16(9-33)10-34-28-20(27)6-18(8-22(28)31)37-29(24-11-35-39-38-24)25-5-15-3-4-40(12-26(15)42-25)19-13-41-14-19/h1-2,5-8,10-11,19,29,37H,3-4,12-14H2,(H,34,36)(H,35,38,39). The van der Waals surface area contributed by atoms with E-state index < -0.39 is 5.82 Å². The molecule has 42 heavy (non-hydrogen) atoms. The lowest BCUT2D eigenvalue weighted by molar-refractivity contribution is -0.0690. The molecule has 9 nitrogen and oxygen atoms in total. The van der Waals surface area contributed by atoms with Gasteiger partial charge in [0.2, 0.25) is 0 Å². The second kappa shape index (κ2) is 11.1. The van der Waals surface area contributed by atoms with E-state index in [1.165, 1.54) is 28.8 Å². The van der Waals surface area contributed by atoms with Crippen LogP contribution >= 0.6 is 34.5 Å². The summed E-state index contributed by atoms with van der Waals surface area (Å²) in [6, 6.07) is 12.6. The Morgan fingerprint density at radius 2 is 2.02 bits per heavy atom. The summed E-state index contributed by atoms with van der Waals surface area (Å²) in [6.07, 6.45) is 4.22. The molecule has 5 aromatic rings. The molecule has 212 valence electrons. The zero-order valence-corrected chi connectivity index (χ0v) is 24.3. The van der Waals surface area contributed by atoms with E-state index >= 15 is 0 Å². The van der Waals surface area contributed by atoms with Gasteiger partial charge in [-0.25, -0.2) is 4.39 Å². The van der Waals surface area contributed by atoms with Crippen LogP contribution in [-0.4, -0.2) is 51.1 Å². The monoisotopic (exact) mass is 620 g/mol. The highest BCUT2D eigenvalue weighted by Crippen LogP contribution is 2.39. The highest BCUT2D eigenvalue weighted by Gasteiger charge is 2.31. The fraction of sp³-hybridized carbons (Fsp3) is 0.241. The molecule has 13 heteroatoms. The van der Waals surface area contributed by atoms with Gasteiger partial charge in [0.25, 0.3) is 0 Å². The molecule has 3 aromatic heterocycles. The minimum atomic E-state index is -0.532. The molecule has 1 fully saturated rings. The maximum Gasteiger partial charge on any atom is 0.141 e. The fourth-order valence-corrected chi connectivity index (χ4v) is 7.09. The molecule has 1 atom stereocenters. The maximum atomic E-state index is 13.8. The number of nitrogens with one attached hydrogen (secondary N) is 3. The average molecular weight is 622 g/mol. The molecule has 1 unspecified atom stereocenters. The Kier molecular flexibility index (Phi) is 7.17. The molecule has 0 spiro atoms. The third-order valence-electron chi connectivity index (χ3n) is 7.63. The van der Waals surface area contributed by atoms with Gasteiger partial charge in [0.05, 0.1) is 46.1 Å². The van der Waals surface area contributed by atoms with Gasteiger partial charge in [-0.05, 0) is 48.4 Å². The molecular weight excluding hydrogens is 598 g/mol. The summed E-state index contributed by atoms with van der Waals surface area (Å²) in [5, 5.41) is 28.8. The largest absolute Gasteiger partial charge is 0.378 e. The van der Waals surface area contributed by atoms with Crippen molar-refractivity contribution in [1.29, 1.82) is 5.26 Å². The minimum absolute atomic E-state index is 0.0319. The molecule has 2 aliphatic rings. The number of aromatic nitrogens is 4. The van der Waals surface area contributed by atoms with Gasteiger partial charge in [0, 0.05) is 52.0 Å². The number of nitrogens with zero attached hydrogens (tertiary/aromatic N) is 5. The minimum Gasteiger partial charge on any atom is -0.378 e. The first-order valence-electron chi connectivity index (χ1n) is 13.3. The van der Waals surface area contributed by atoms with Gasteiger partial charge in [-0.3, -0.25) is 15.0 Å². The number of hydrogen-bond acceptors (Lipinski definition) is 9. The summed E-state index contributed by atoms with van der Waals surface area (Å²) in [5.41, 5.74) is 4.62. The quantitative estimate of drug-likeness (QED) is 0.191. The van der Waals surface area contributed by atoms with E-state index in [2.05, 4.69) is 48.1 Å². The number of thiophene rings is 1. The number of ether oxygens (including phenoxy) is 1. The Labute approximate surface area is 254 Å². The molecular formula is C29H23Cl2FN8OS. The van der Waals surface area contributed by atoms with Crippen molar-refractivity contribution in [2.24, 2.45) is 0 Å². The molecule has 2 aromatic carbocycles. The van der Waals surface area contributed by atoms with E-state index in [-0.39, 0.29) is 11.1 Å². The molecule has 1 saturated heterocycles. The van der Waals surface area contributed by atoms with Crippen LogP contribution in [0.4, 0.5) is 21.5 Å². The molecule has 2 aliphatic heterocycles. The van der Waals surface area contributed by atoms with E-state index in [9.17, 15) is 9.65 Å².